The van der Waals surface area contributed by atoms with Gasteiger partial charge in [0.1, 0.15) is 0 Å². The summed E-state index contributed by atoms with van der Waals surface area (Å²) >= 11 is 0. The predicted molar refractivity (Wildman–Crippen MR) is 100 cm³/mol. The zero-order chi connectivity index (χ0) is 16.4. The first-order chi connectivity index (χ1) is 10.5. The fourth-order valence-corrected chi connectivity index (χ4v) is 4.35. The Balaban J connectivity index is 2.71. The molecule has 0 bridgehead atoms. The van der Waals surface area contributed by atoms with Crippen LogP contribution in [0, 0.1) is 17.3 Å². The van der Waals surface area contributed by atoms with Gasteiger partial charge in [0.25, 0.3) is 0 Å². The largest absolute Gasteiger partial charge is 0.328 e. The van der Waals surface area contributed by atoms with E-state index in [0.29, 0.717) is 11.5 Å². The molecular formula is C21H41N. The van der Waals surface area contributed by atoms with Crippen molar-refractivity contribution in [2.24, 2.45) is 23.0 Å². The molecule has 2 atom stereocenters. The minimum atomic E-state index is 0.345. The molecule has 1 heteroatoms. The number of hydrogen-bond acceptors (Lipinski definition) is 1. The standard InChI is InChI=1S/C21H41N/c1-5-6-10-13-20(17-16-18(2)22)21(3,4)19-14-11-8-7-9-12-15-19/h5-6,18-20H,7-17,22H2,1-4H3/b6-5+. The highest BCUT2D eigenvalue weighted by molar-refractivity contribution is 4.88. The summed E-state index contributed by atoms with van der Waals surface area (Å²) in [5, 5.41) is 0. The first kappa shape index (κ1) is 19.7. The Morgan fingerprint density at radius 1 is 1.00 bits per heavy atom. The average Bonchev–Trinajstić information content (AvgIpc) is 2.41. The van der Waals surface area contributed by atoms with Gasteiger partial charge in [-0.3, -0.25) is 0 Å². The van der Waals surface area contributed by atoms with Crippen molar-refractivity contribution in [3.8, 4) is 0 Å². The summed E-state index contributed by atoms with van der Waals surface area (Å²) in [5.74, 6) is 1.73. The zero-order valence-electron chi connectivity index (χ0n) is 15.7. The Bertz CT molecular complexity index is 295. The molecule has 0 spiro atoms. The lowest BCUT2D eigenvalue weighted by atomic mass is 9.63. The maximum absolute atomic E-state index is 6.05. The average molecular weight is 308 g/mol. The fourth-order valence-electron chi connectivity index (χ4n) is 4.35. The van der Waals surface area contributed by atoms with E-state index in [1.54, 1.807) is 0 Å². The molecule has 0 amide bonds. The lowest BCUT2D eigenvalue weighted by molar-refractivity contribution is 0.0768. The monoisotopic (exact) mass is 307 g/mol. The van der Waals surface area contributed by atoms with Crippen LogP contribution in [0.25, 0.3) is 0 Å². The molecule has 1 nitrogen and oxygen atoms in total. The summed E-state index contributed by atoms with van der Waals surface area (Å²) < 4.78 is 0. The quantitative estimate of drug-likeness (QED) is 0.511. The Morgan fingerprint density at radius 3 is 2.14 bits per heavy atom. The van der Waals surface area contributed by atoms with Crippen molar-refractivity contribution in [2.45, 2.75) is 104 Å². The van der Waals surface area contributed by atoms with E-state index < -0.39 is 0 Å². The van der Waals surface area contributed by atoms with E-state index in [1.807, 2.05) is 0 Å². The first-order valence-electron chi connectivity index (χ1n) is 9.85. The van der Waals surface area contributed by atoms with E-state index >= 15 is 0 Å². The molecule has 1 aliphatic carbocycles. The van der Waals surface area contributed by atoms with E-state index in [0.717, 1.165) is 11.8 Å². The topological polar surface area (TPSA) is 26.0 Å². The van der Waals surface area contributed by atoms with Crippen molar-refractivity contribution in [3.05, 3.63) is 12.2 Å². The Labute approximate surface area is 140 Å². The van der Waals surface area contributed by atoms with Crippen molar-refractivity contribution in [1.82, 2.24) is 0 Å². The molecule has 1 saturated carbocycles. The number of rotatable bonds is 8. The van der Waals surface area contributed by atoms with E-state index in [-0.39, 0.29) is 0 Å². The summed E-state index contributed by atoms with van der Waals surface area (Å²) in [6.07, 6.45) is 19.8. The molecule has 0 saturated heterocycles. The van der Waals surface area contributed by atoms with Crippen molar-refractivity contribution in [3.63, 3.8) is 0 Å². The summed E-state index contributed by atoms with van der Waals surface area (Å²) in [5.41, 5.74) is 6.52. The number of hydrogen-bond donors (Lipinski definition) is 1. The molecule has 1 rings (SSSR count). The molecule has 1 aliphatic rings. The van der Waals surface area contributed by atoms with Crippen LogP contribution in [0.1, 0.15) is 98.3 Å². The van der Waals surface area contributed by atoms with Crippen LogP contribution in [0.15, 0.2) is 12.2 Å². The minimum absolute atomic E-state index is 0.345. The highest BCUT2D eigenvalue weighted by atomic mass is 14.6. The molecule has 0 aromatic heterocycles. The van der Waals surface area contributed by atoms with Gasteiger partial charge in [-0.2, -0.15) is 0 Å². The molecule has 0 aromatic carbocycles. The fraction of sp³-hybridized carbons (Fsp3) is 0.905. The van der Waals surface area contributed by atoms with Gasteiger partial charge in [0.05, 0.1) is 0 Å². The lowest BCUT2D eigenvalue weighted by Crippen LogP contribution is -2.34. The Morgan fingerprint density at radius 2 is 1.59 bits per heavy atom. The van der Waals surface area contributed by atoms with Crippen LogP contribution in [-0.2, 0) is 0 Å². The second kappa shape index (κ2) is 10.5. The lowest BCUT2D eigenvalue weighted by Gasteiger charge is -2.43. The van der Waals surface area contributed by atoms with Gasteiger partial charge in [-0.25, -0.2) is 0 Å². The molecule has 130 valence electrons. The van der Waals surface area contributed by atoms with E-state index in [1.165, 1.54) is 70.6 Å². The Hall–Kier alpha value is -0.300. The third-order valence-electron chi connectivity index (χ3n) is 6.10. The molecular weight excluding hydrogens is 266 g/mol. The maximum Gasteiger partial charge on any atom is 0.00105 e. The van der Waals surface area contributed by atoms with Crippen LogP contribution in [0.2, 0.25) is 0 Å². The predicted octanol–water partition coefficient (Wildman–Crippen LogP) is 6.47. The van der Waals surface area contributed by atoms with E-state index in [2.05, 4.69) is 39.8 Å². The van der Waals surface area contributed by atoms with E-state index in [9.17, 15) is 0 Å². The second-order valence-corrected chi connectivity index (χ2v) is 8.26. The van der Waals surface area contributed by atoms with Gasteiger partial charge < -0.3 is 5.73 Å². The summed E-state index contributed by atoms with van der Waals surface area (Å²) in [7, 11) is 0. The van der Waals surface area contributed by atoms with Crippen LogP contribution < -0.4 is 5.73 Å². The third kappa shape index (κ3) is 6.86. The van der Waals surface area contributed by atoms with E-state index in [4.69, 9.17) is 5.73 Å². The molecule has 0 aromatic rings. The molecule has 2 unspecified atom stereocenters. The van der Waals surface area contributed by atoms with Crippen molar-refractivity contribution < 1.29 is 0 Å². The number of nitrogens with two attached hydrogens (primary N) is 1. The van der Waals surface area contributed by atoms with Crippen LogP contribution in [0.4, 0.5) is 0 Å². The Kier molecular flexibility index (Phi) is 9.40. The van der Waals surface area contributed by atoms with Gasteiger partial charge in [0.15, 0.2) is 0 Å². The van der Waals surface area contributed by atoms with Gasteiger partial charge in [0.2, 0.25) is 0 Å². The smallest absolute Gasteiger partial charge is 0.00105 e. The molecule has 1 fully saturated rings. The highest BCUT2D eigenvalue weighted by Gasteiger charge is 2.36. The highest BCUT2D eigenvalue weighted by Crippen LogP contribution is 2.45. The van der Waals surface area contributed by atoms with Crippen LogP contribution in [0.3, 0.4) is 0 Å². The van der Waals surface area contributed by atoms with Crippen LogP contribution in [-0.4, -0.2) is 6.04 Å². The van der Waals surface area contributed by atoms with Crippen molar-refractivity contribution in [1.29, 1.82) is 0 Å². The molecule has 0 radical (unpaired) electrons. The molecule has 2 N–H and O–H groups in total. The van der Waals surface area contributed by atoms with Crippen molar-refractivity contribution in [2.75, 3.05) is 0 Å². The van der Waals surface area contributed by atoms with Gasteiger partial charge in [0, 0.05) is 6.04 Å². The normalized spacial score (nSPS) is 21.5. The SMILES string of the molecule is C/C=C/CCC(CCC(C)N)C(C)(C)C1CCCCCCC1. The molecule has 0 heterocycles. The third-order valence-corrected chi connectivity index (χ3v) is 6.10. The van der Waals surface area contributed by atoms with Crippen LogP contribution in [0.5, 0.6) is 0 Å². The minimum Gasteiger partial charge on any atom is -0.328 e. The second-order valence-electron chi connectivity index (χ2n) is 8.26. The zero-order valence-corrected chi connectivity index (χ0v) is 15.7. The summed E-state index contributed by atoms with van der Waals surface area (Å²) in [4.78, 5) is 0. The summed E-state index contributed by atoms with van der Waals surface area (Å²) in [6.45, 7) is 9.41. The molecule has 22 heavy (non-hydrogen) atoms. The van der Waals surface area contributed by atoms with Gasteiger partial charge in [-0.1, -0.05) is 58.1 Å². The first-order valence-corrected chi connectivity index (χ1v) is 9.85. The van der Waals surface area contributed by atoms with Gasteiger partial charge >= 0.3 is 0 Å². The van der Waals surface area contributed by atoms with Crippen LogP contribution >= 0.6 is 0 Å². The van der Waals surface area contributed by atoms with Gasteiger partial charge in [-0.05, 0) is 69.6 Å². The molecule has 0 aliphatic heterocycles. The number of allylic oxidation sites excluding steroid dienone is 2. The van der Waals surface area contributed by atoms with Gasteiger partial charge in [-0.15, -0.1) is 0 Å². The maximum atomic E-state index is 6.05. The summed E-state index contributed by atoms with van der Waals surface area (Å²) in [6, 6.07) is 0.345. The van der Waals surface area contributed by atoms with Crippen molar-refractivity contribution >= 4 is 0 Å².